The summed E-state index contributed by atoms with van der Waals surface area (Å²) in [4.78, 5) is 7.68. The maximum absolute atomic E-state index is 6.23. The van der Waals surface area contributed by atoms with Crippen LogP contribution in [0.1, 0.15) is 38.7 Å². The zero-order valence-electron chi connectivity index (χ0n) is 17.8. The van der Waals surface area contributed by atoms with Crippen LogP contribution in [0.4, 0.5) is 0 Å². The highest BCUT2D eigenvalue weighted by Gasteiger charge is 2.41. The highest BCUT2D eigenvalue weighted by Crippen LogP contribution is 2.35. The molecule has 1 spiro atoms. The average molecular weight is 376 g/mol. The van der Waals surface area contributed by atoms with E-state index in [0.29, 0.717) is 5.54 Å². The second kappa shape index (κ2) is 8.80. The third-order valence-corrected chi connectivity index (χ3v) is 6.55. The van der Waals surface area contributed by atoms with Crippen molar-refractivity contribution in [2.24, 2.45) is 0 Å². The minimum Gasteiger partial charge on any atom is -0.493 e. The number of para-hydroxylation sites is 1. The Morgan fingerprint density at radius 2 is 1.85 bits per heavy atom. The minimum absolute atomic E-state index is 0.191. The molecule has 0 N–H and O–H groups in total. The van der Waals surface area contributed by atoms with Crippen LogP contribution >= 0.6 is 0 Å². The standard InChI is InChI=1S/C22H37N3O2/c1-6-18(2)27-21-19(8-7-9-20(21)26-5)16-25-12-10-22(11-13-25)17-23(3)14-15-24(22)4/h7-9,18H,6,10-17H2,1-5H3/t18-/m1/s1. The molecule has 1 atom stereocenters. The lowest BCUT2D eigenvalue weighted by molar-refractivity contribution is -0.0206. The molecule has 2 aliphatic rings. The summed E-state index contributed by atoms with van der Waals surface area (Å²) in [5.74, 6) is 1.76. The van der Waals surface area contributed by atoms with Gasteiger partial charge in [0.15, 0.2) is 11.5 Å². The number of likely N-dealkylation sites (tertiary alicyclic amines) is 1. The van der Waals surface area contributed by atoms with E-state index in [2.05, 4.69) is 54.8 Å². The molecule has 0 aliphatic carbocycles. The van der Waals surface area contributed by atoms with E-state index in [0.717, 1.165) is 37.6 Å². The number of hydrogen-bond acceptors (Lipinski definition) is 5. The molecule has 0 radical (unpaired) electrons. The largest absolute Gasteiger partial charge is 0.493 e. The number of likely N-dealkylation sites (N-methyl/N-ethyl adjacent to an activating group) is 2. The quantitative estimate of drug-likeness (QED) is 0.762. The van der Waals surface area contributed by atoms with Gasteiger partial charge in [0.2, 0.25) is 0 Å². The highest BCUT2D eigenvalue weighted by atomic mass is 16.5. The maximum Gasteiger partial charge on any atom is 0.166 e. The fraction of sp³-hybridized carbons (Fsp3) is 0.727. The number of nitrogens with zero attached hydrogens (tertiary/aromatic N) is 3. The van der Waals surface area contributed by atoms with E-state index in [-0.39, 0.29) is 6.10 Å². The number of piperidine rings is 1. The molecule has 2 saturated heterocycles. The van der Waals surface area contributed by atoms with Gasteiger partial charge < -0.3 is 14.4 Å². The van der Waals surface area contributed by atoms with Crippen molar-refractivity contribution in [2.75, 3.05) is 53.9 Å². The van der Waals surface area contributed by atoms with Crippen LogP contribution in [0.3, 0.4) is 0 Å². The molecule has 0 saturated carbocycles. The van der Waals surface area contributed by atoms with E-state index in [9.17, 15) is 0 Å². The van der Waals surface area contributed by atoms with Gasteiger partial charge in [0, 0.05) is 50.4 Å². The van der Waals surface area contributed by atoms with Gasteiger partial charge >= 0.3 is 0 Å². The van der Waals surface area contributed by atoms with E-state index >= 15 is 0 Å². The Morgan fingerprint density at radius 3 is 2.52 bits per heavy atom. The van der Waals surface area contributed by atoms with Gasteiger partial charge in [0.1, 0.15) is 0 Å². The van der Waals surface area contributed by atoms with E-state index in [1.165, 1.54) is 38.0 Å². The first-order valence-electron chi connectivity index (χ1n) is 10.4. The fourth-order valence-corrected chi connectivity index (χ4v) is 4.43. The SMILES string of the molecule is CC[C@@H](C)Oc1c(CN2CCC3(CC2)CN(C)CCN3C)cccc1OC. The zero-order valence-corrected chi connectivity index (χ0v) is 17.8. The summed E-state index contributed by atoms with van der Waals surface area (Å²) in [6, 6.07) is 6.26. The molecule has 3 rings (SSSR count). The van der Waals surface area contributed by atoms with Crippen molar-refractivity contribution >= 4 is 0 Å². The second-order valence-electron chi connectivity index (χ2n) is 8.45. The van der Waals surface area contributed by atoms with Gasteiger partial charge in [-0.25, -0.2) is 0 Å². The summed E-state index contributed by atoms with van der Waals surface area (Å²) >= 11 is 0. The zero-order chi connectivity index (χ0) is 19.4. The summed E-state index contributed by atoms with van der Waals surface area (Å²) in [5, 5.41) is 0. The Bertz CT molecular complexity index is 614. The Hall–Kier alpha value is -1.30. The molecule has 152 valence electrons. The van der Waals surface area contributed by atoms with Crippen LogP contribution in [0.25, 0.3) is 0 Å². The van der Waals surface area contributed by atoms with Gasteiger partial charge in [-0.05, 0) is 46.3 Å². The highest BCUT2D eigenvalue weighted by molar-refractivity contribution is 5.46. The number of piperazine rings is 1. The summed E-state index contributed by atoms with van der Waals surface area (Å²) in [5.41, 5.74) is 1.59. The molecule has 1 aromatic carbocycles. The molecule has 5 heteroatoms. The second-order valence-corrected chi connectivity index (χ2v) is 8.45. The van der Waals surface area contributed by atoms with Crippen molar-refractivity contribution in [1.82, 2.24) is 14.7 Å². The lowest BCUT2D eigenvalue weighted by atomic mass is 9.83. The molecule has 2 aliphatic heterocycles. The third-order valence-electron chi connectivity index (χ3n) is 6.55. The maximum atomic E-state index is 6.23. The minimum atomic E-state index is 0.191. The van der Waals surface area contributed by atoms with Crippen LogP contribution in [0.15, 0.2) is 18.2 Å². The van der Waals surface area contributed by atoms with E-state index in [4.69, 9.17) is 9.47 Å². The normalized spacial score (nSPS) is 22.7. The molecule has 5 nitrogen and oxygen atoms in total. The first-order valence-corrected chi connectivity index (χ1v) is 10.4. The molecular formula is C22H37N3O2. The lowest BCUT2D eigenvalue weighted by Crippen LogP contribution is -2.63. The Morgan fingerprint density at radius 1 is 1.11 bits per heavy atom. The topological polar surface area (TPSA) is 28.2 Å². The van der Waals surface area contributed by atoms with Crippen LogP contribution in [0.5, 0.6) is 11.5 Å². The van der Waals surface area contributed by atoms with Crippen molar-refractivity contribution in [1.29, 1.82) is 0 Å². The van der Waals surface area contributed by atoms with Crippen molar-refractivity contribution in [3.63, 3.8) is 0 Å². The van der Waals surface area contributed by atoms with Crippen LogP contribution < -0.4 is 9.47 Å². The lowest BCUT2D eigenvalue weighted by Gasteiger charge is -2.52. The molecular weight excluding hydrogens is 338 g/mol. The first kappa shape index (κ1) is 20.4. The van der Waals surface area contributed by atoms with Gasteiger partial charge in [0.25, 0.3) is 0 Å². The van der Waals surface area contributed by atoms with Crippen molar-refractivity contribution in [3.05, 3.63) is 23.8 Å². The summed E-state index contributed by atoms with van der Waals surface area (Å²) in [6.45, 7) is 11.0. The Balaban J connectivity index is 1.68. The predicted molar refractivity (Wildman–Crippen MR) is 111 cm³/mol. The predicted octanol–water partition coefficient (Wildman–Crippen LogP) is 3.08. The van der Waals surface area contributed by atoms with E-state index in [1.807, 2.05) is 6.07 Å². The number of hydrogen-bond donors (Lipinski definition) is 0. The fourth-order valence-electron chi connectivity index (χ4n) is 4.43. The van der Waals surface area contributed by atoms with Crippen molar-refractivity contribution < 1.29 is 9.47 Å². The third kappa shape index (κ3) is 4.58. The monoisotopic (exact) mass is 375 g/mol. The molecule has 2 heterocycles. The summed E-state index contributed by atoms with van der Waals surface area (Å²) in [7, 11) is 6.29. The molecule has 0 amide bonds. The molecule has 2 fully saturated rings. The Kier molecular flexibility index (Phi) is 6.66. The molecule has 0 unspecified atom stereocenters. The van der Waals surface area contributed by atoms with Gasteiger partial charge in [-0.1, -0.05) is 19.1 Å². The van der Waals surface area contributed by atoms with Crippen LogP contribution in [-0.2, 0) is 6.54 Å². The smallest absolute Gasteiger partial charge is 0.166 e. The summed E-state index contributed by atoms with van der Waals surface area (Å²) < 4.78 is 11.8. The van der Waals surface area contributed by atoms with Crippen molar-refractivity contribution in [3.8, 4) is 11.5 Å². The molecule has 1 aromatic rings. The van der Waals surface area contributed by atoms with E-state index < -0.39 is 0 Å². The molecule has 0 aromatic heterocycles. The Labute approximate surface area is 165 Å². The summed E-state index contributed by atoms with van der Waals surface area (Å²) in [6.07, 6.45) is 3.65. The molecule has 0 bridgehead atoms. The van der Waals surface area contributed by atoms with Crippen LogP contribution in [0, 0.1) is 0 Å². The number of methoxy groups -OCH3 is 1. The van der Waals surface area contributed by atoms with Gasteiger partial charge in [-0.3, -0.25) is 9.80 Å². The van der Waals surface area contributed by atoms with E-state index in [1.54, 1.807) is 7.11 Å². The average Bonchev–Trinajstić information content (AvgIpc) is 2.68. The van der Waals surface area contributed by atoms with Gasteiger partial charge in [-0.15, -0.1) is 0 Å². The number of benzene rings is 1. The number of ether oxygens (including phenoxy) is 2. The van der Waals surface area contributed by atoms with Gasteiger partial charge in [-0.2, -0.15) is 0 Å². The number of rotatable bonds is 6. The molecule has 27 heavy (non-hydrogen) atoms. The van der Waals surface area contributed by atoms with Crippen LogP contribution in [0.2, 0.25) is 0 Å². The van der Waals surface area contributed by atoms with Crippen molar-refractivity contribution in [2.45, 2.75) is 51.3 Å². The van der Waals surface area contributed by atoms with Gasteiger partial charge in [0.05, 0.1) is 13.2 Å². The first-order chi connectivity index (χ1) is 13.0. The van der Waals surface area contributed by atoms with Crippen LogP contribution in [-0.4, -0.2) is 80.3 Å².